The van der Waals surface area contributed by atoms with E-state index in [-0.39, 0.29) is 5.75 Å². The molecule has 0 aromatic heterocycles. The number of hydrogen-bond donors (Lipinski definition) is 7. The fourth-order valence-electron chi connectivity index (χ4n) is 1.40. The molecule has 1 rings (SSSR count). The highest BCUT2D eigenvalue weighted by molar-refractivity contribution is 5.47. The summed E-state index contributed by atoms with van der Waals surface area (Å²) in [6.07, 6.45) is -2.41. The van der Waals surface area contributed by atoms with E-state index in [1.165, 1.54) is 12.1 Å². The third-order valence-corrected chi connectivity index (χ3v) is 2.29. The molecule has 0 aliphatic rings. The zero-order valence-electron chi connectivity index (χ0n) is 8.80. The number of phenolic OH excluding ortho intramolecular Hbond substituents is 1. The summed E-state index contributed by atoms with van der Waals surface area (Å²) in [6.45, 7) is 0. The molecule has 90 valence electrons. The van der Waals surface area contributed by atoms with Crippen molar-refractivity contribution in [3.63, 3.8) is 0 Å². The van der Waals surface area contributed by atoms with Gasteiger partial charge in [0, 0.05) is 11.1 Å². The Morgan fingerprint density at radius 1 is 0.750 bits per heavy atom. The van der Waals surface area contributed by atoms with Crippen LogP contribution < -0.4 is 34.4 Å². The Hall–Kier alpha value is -1.22. The summed E-state index contributed by atoms with van der Waals surface area (Å²) in [7, 11) is 0. The van der Waals surface area contributed by atoms with Crippen LogP contribution in [-0.2, 0) is 0 Å². The lowest BCUT2D eigenvalue weighted by atomic mass is 9.99. The summed E-state index contributed by atoms with van der Waals surface area (Å²) in [6, 6.07) is 3.08. The van der Waals surface area contributed by atoms with Crippen LogP contribution in [0, 0.1) is 0 Å². The molecule has 16 heavy (non-hydrogen) atoms. The largest absolute Gasteiger partial charge is 0.507 e. The third-order valence-electron chi connectivity index (χ3n) is 2.29. The fourth-order valence-corrected chi connectivity index (χ4v) is 1.40. The van der Waals surface area contributed by atoms with Gasteiger partial charge in [-0.25, -0.2) is 0 Å². The molecule has 0 bridgehead atoms. The fraction of sp³-hybridized carbons (Fsp3) is 0.333. The average Bonchev–Trinajstić information content (AvgIpc) is 2.16. The van der Waals surface area contributed by atoms with E-state index in [2.05, 4.69) is 0 Å². The Morgan fingerprint density at radius 2 is 1.12 bits per heavy atom. The van der Waals surface area contributed by atoms with E-state index < -0.39 is 18.5 Å². The van der Waals surface area contributed by atoms with Crippen LogP contribution in [0.3, 0.4) is 0 Å². The van der Waals surface area contributed by atoms with E-state index >= 15 is 0 Å². The molecule has 0 heterocycles. The van der Waals surface area contributed by atoms with Gasteiger partial charge in [0.2, 0.25) is 0 Å². The van der Waals surface area contributed by atoms with Gasteiger partial charge < -0.3 is 39.5 Å². The van der Waals surface area contributed by atoms with E-state index in [0.29, 0.717) is 16.7 Å². The minimum atomic E-state index is -0.851. The SMILES string of the molecule is NC(N)c1cc(C(N)N)c(O)c(C(N)N)c1. The second-order valence-electron chi connectivity index (χ2n) is 3.63. The molecule has 0 aliphatic heterocycles. The quantitative estimate of drug-likeness (QED) is 0.295. The molecule has 7 heteroatoms. The average molecular weight is 226 g/mol. The van der Waals surface area contributed by atoms with Gasteiger partial charge in [0.25, 0.3) is 0 Å². The van der Waals surface area contributed by atoms with E-state index in [1.54, 1.807) is 0 Å². The molecule has 0 saturated heterocycles. The van der Waals surface area contributed by atoms with Crippen molar-refractivity contribution < 1.29 is 5.11 Å². The van der Waals surface area contributed by atoms with Crippen LogP contribution in [-0.4, -0.2) is 5.11 Å². The Morgan fingerprint density at radius 3 is 1.38 bits per heavy atom. The van der Waals surface area contributed by atoms with Crippen molar-refractivity contribution in [2.75, 3.05) is 0 Å². The summed E-state index contributed by atoms with van der Waals surface area (Å²) < 4.78 is 0. The highest BCUT2D eigenvalue weighted by Gasteiger charge is 2.17. The lowest BCUT2D eigenvalue weighted by Gasteiger charge is -2.18. The van der Waals surface area contributed by atoms with Gasteiger partial charge in [0.1, 0.15) is 5.75 Å². The smallest absolute Gasteiger partial charge is 0.127 e. The number of nitrogens with two attached hydrogens (primary N) is 6. The van der Waals surface area contributed by atoms with Gasteiger partial charge in [-0.05, 0) is 17.7 Å². The van der Waals surface area contributed by atoms with Crippen molar-refractivity contribution in [3.05, 3.63) is 28.8 Å². The Kier molecular flexibility index (Phi) is 3.81. The lowest BCUT2D eigenvalue weighted by Crippen LogP contribution is -2.26. The molecule has 0 spiro atoms. The van der Waals surface area contributed by atoms with Crippen LogP contribution in [0.2, 0.25) is 0 Å². The minimum absolute atomic E-state index is 0.116. The topological polar surface area (TPSA) is 176 Å². The number of rotatable bonds is 3. The molecular formula is C9H18N6O. The number of benzene rings is 1. The second-order valence-corrected chi connectivity index (χ2v) is 3.63. The summed E-state index contributed by atoms with van der Waals surface area (Å²) in [5, 5.41) is 9.83. The van der Waals surface area contributed by atoms with Gasteiger partial charge in [-0.3, -0.25) is 0 Å². The number of aromatic hydroxyl groups is 1. The van der Waals surface area contributed by atoms with Crippen LogP contribution in [0.25, 0.3) is 0 Å². The molecular weight excluding hydrogens is 208 g/mol. The van der Waals surface area contributed by atoms with Gasteiger partial charge in [-0.1, -0.05) is 0 Å². The van der Waals surface area contributed by atoms with Crippen LogP contribution in [0.5, 0.6) is 5.75 Å². The van der Waals surface area contributed by atoms with E-state index in [0.717, 1.165) is 0 Å². The number of phenols is 1. The Bertz CT molecular complexity index is 347. The monoisotopic (exact) mass is 226 g/mol. The van der Waals surface area contributed by atoms with Crippen molar-refractivity contribution in [2.24, 2.45) is 34.4 Å². The predicted molar refractivity (Wildman–Crippen MR) is 61.5 cm³/mol. The maximum absolute atomic E-state index is 9.83. The first-order chi connectivity index (χ1) is 7.34. The third kappa shape index (κ3) is 2.47. The van der Waals surface area contributed by atoms with Crippen LogP contribution in [0.15, 0.2) is 12.1 Å². The van der Waals surface area contributed by atoms with Crippen molar-refractivity contribution in [3.8, 4) is 5.75 Å². The maximum atomic E-state index is 9.83. The molecule has 13 N–H and O–H groups in total. The van der Waals surface area contributed by atoms with E-state index in [9.17, 15) is 5.11 Å². The second kappa shape index (κ2) is 4.74. The highest BCUT2D eigenvalue weighted by atomic mass is 16.3. The molecule has 1 aromatic carbocycles. The summed E-state index contributed by atoms with van der Waals surface area (Å²) in [5.41, 5.74) is 34.3. The van der Waals surface area contributed by atoms with Crippen molar-refractivity contribution in [2.45, 2.75) is 18.5 Å². The van der Waals surface area contributed by atoms with E-state index in [1.807, 2.05) is 0 Å². The lowest BCUT2D eigenvalue weighted by molar-refractivity contribution is 0.449. The molecule has 0 amide bonds. The van der Waals surface area contributed by atoms with Crippen LogP contribution in [0.1, 0.15) is 35.2 Å². The van der Waals surface area contributed by atoms with Crippen molar-refractivity contribution in [1.82, 2.24) is 0 Å². The first-order valence-corrected chi connectivity index (χ1v) is 4.74. The molecule has 1 aromatic rings. The van der Waals surface area contributed by atoms with Gasteiger partial charge >= 0.3 is 0 Å². The maximum Gasteiger partial charge on any atom is 0.127 e. The zero-order valence-corrected chi connectivity index (χ0v) is 8.80. The molecule has 7 nitrogen and oxygen atoms in total. The molecule has 0 aliphatic carbocycles. The Balaban J connectivity index is 3.39. The van der Waals surface area contributed by atoms with Crippen molar-refractivity contribution >= 4 is 0 Å². The predicted octanol–water partition coefficient (Wildman–Crippen LogP) is -1.86. The number of hydrogen-bond acceptors (Lipinski definition) is 7. The van der Waals surface area contributed by atoms with Gasteiger partial charge in [-0.15, -0.1) is 0 Å². The first-order valence-electron chi connectivity index (χ1n) is 4.74. The standard InChI is InChI=1S/C9H18N6O/c10-7(11)3-1-4(8(12)13)6(16)5(2-3)9(14)15/h1-2,7-9,16H,10-15H2. The molecule has 0 fully saturated rings. The normalized spacial score (nSPS) is 11.8. The molecule has 0 atom stereocenters. The molecule has 0 radical (unpaired) electrons. The molecule has 0 unspecified atom stereocenters. The summed E-state index contributed by atoms with van der Waals surface area (Å²) >= 11 is 0. The zero-order chi connectivity index (χ0) is 12.5. The van der Waals surface area contributed by atoms with Gasteiger partial charge in [-0.2, -0.15) is 0 Å². The van der Waals surface area contributed by atoms with Crippen molar-refractivity contribution in [1.29, 1.82) is 0 Å². The minimum Gasteiger partial charge on any atom is -0.507 e. The Labute approximate surface area is 93.4 Å². The van der Waals surface area contributed by atoms with E-state index in [4.69, 9.17) is 34.4 Å². The van der Waals surface area contributed by atoms with Crippen LogP contribution >= 0.6 is 0 Å². The summed E-state index contributed by atoms with van der Waals surface area (Å²) in [4.78, 5) is 0. The highest BCUT2D eigenvalue weighted by Crippen LogP contribution is 2.30. The van der Waals surface area contributed by atoms with Gasteiger partial charge in [0.15, 0.2) is 0 Å². The first kappa shape index (κ1) is 12.8. The molecule has 0 saturated carbocycles. The summed E-state index contributed by atoms with van der Waals surface area (Å²) in [5.74, 6) is -0.116. The van der Waals surface area contributed by atoms with Gasteiger partial charge in [0.05, 0.1) is 18.5 Å². The van der Waals surface area contributed by atoms with Crippen LogP contribution in [0.4, 0.5) is 0 Å².